The molecule has 0 aromatic heterocycles. The lowest BCUT2D eigenvalue weighted by molar-refractivity contribution is -0.131. The highest BCUT2D eigenvalue weighted by Crippen LogP contribution is 2.31. The lowest BCUT2D eigenvalue weighted by Crippen LogP contribution is -2.49. The Hall–Kier alpha value is -3.80. The number of piperazine rings is 1. The monoisotopic (exact) mass is 443 g/mol. The van der Waals surface area contributed by atoms with Crippen LogP contribution in [0.3, 0.4) is 0 Å². The first-order valence-electron chi connectivity index (χ1n) is 11.2. The van der Waals surface area contributed by atoms with Crippen LogP contribution in [0.5, 0.6) is 5.75 Å². The Kier molecular flexibility index (Phi) is 6.93. The van der Waals surface area contributed by atoms with E-state index < -0.39 is 0 Å². The number of carbonyl (C=O) groups is 2. The molecule has 0 aliphatic carbocycles. The highest BCUT2D eigenvalue weighted by atomic mass is 16.5. The van der Waals surface area contributed by atoms with Gasteiger partial charge in [0.15, 0.2) is 5.78 Å². The van der Waals surface area contributed by atoms with E-state index >= 15 is 0 Å². The van der Waals surface area contributed by atoms with Gasteiger partial charge in [-0.1, -0.05) is 48.5 Å². The van der Waals surface area contributed by atoms with Crippen LogP contribution >= 0.6 is 0 Å². The Morgan fingerprint density at radius 3 is 2.30 bits per heavy atom. The number of ketones is 1. The quantitative estimate of drug-likeness (QED) is 0.436. The van der Waals surface area contributed by atoms with Crippen LogP contribution in [0.4, 0.5) is 11.4 Å². The molecule has 1 aliphatic heterocycles. The van der Waals surface area contributed by atoms with E-state index in [1.807, 2.05) is 23.1 Å². The van der Waals surface area contributed by atoms with Gasteiger partial charge in [0.1, 0.15) is 5.75 Å². The summed E-state index contributed by atoms with van der Waals surface area (Å²) < 4.78 is 5.18. The molecule has 0 unspecified atom stereocenters. The van der Waals surface area contributed by atoms with Crippen LogP contribution in [0.1, 0.15) is 23.2 Å². The first kappa shape index (κ1) is 22.4. The van der Waals surface area contributed by atoms with Gasteiger partial charge >= 0.3 is 0 Å². The van der Waals surface area contributed by atoms with E-state index in [4.69, 9.17) is 10.5 Å². The molecule has 1 aliphatic rings. The number of para-hydroxylation sites is 1. The molecule has 170 valence electrons. The maximum absolute atomic E-state index is 12.8. The third-order valence-electron chi connectivity index (χ3n) is 6.08. The van der Waals surface area contributed by atoms with Crippen molar-refractivity contribution in [3.05, 3.63) is 78.4 Å². The minimum Gasteiger partial charge on any atom is -0.495 e. The summed E-state index contributed by atoms with van der Waals surface area (Å²) in [6.07, 6.45) is 0.370. The first-order chi connectivity index (χ1) is 16.1. The molecule has 0 radical (unpaired) electrons. The summed E-state index contributed by atoms with van der Waals surface area (Å²) in [5.41, 5.74) is 10.4. The molecule has 2 N–H and O–H groups in total. The molecule has 1 fully saturated rings. The fraction of sp³-hybridized carbons (Fsp3) is 0.259. The van der Waals surface area contributed by atoms with Crippen molar-refractivity contribution in [3.63, 3.8) is 0 Å². The average Bonchev–Trinajstić information content (AvgIpc) is 2.88. The van der Waals surface area contributed by atoms with Crippen molar-refractivity contribution < 1.29 is 14.3 Å². The second-order valence-electron chi connectivity index (χ2n) is 8.13. The number of nitrogen functional groups attached to an aromatic ring is 1. The molecule has 4 rings (SSSR count). The van der Waals surface area contributed by atoms with Crippen LogP contribution < -0.4 is 15.4 Å². The largest absolute Gasteiger partial charge is 0.495 e. The number of nitrogens with two attached hydrogens (primary N) is 1. The van der Waals surface area contributed by atoms with Gasteiger partial charge < -0.3 is 20.3 Å². The number of nitrogens with zero attached hydrogens (tertiary/aromatic N) is 2. The van der Waals surface area contributed by atoms with Gasteiger partial charge in [-0.05, 0) is 29.8 Å². The average molecular weight is 444 g/mol. The van der Waals surface area contributed by atoms with Crippen LogP contribution in [-0.2, 0) is 4.79 Å². The summed E-state index contributed by atoms with van der Waals surface area (Å²) in [6.45, 7) is 2.81. The van der Waals surface area contributed by atoms with Crippen molar-refractivity contribution in [2.45, 2.75) is 12.8 Å². The van der Waals surface area contributed by atoms with Gasteiger partial charge in [-0.2, -0.15) is 0 Å². The third kappa shape index (κ3) is 5.17. The van der Waals surface area contributed by atoms with Gasteiger partial charge in [0.2, 0.25) is 5.91 Å². The SMILES string of the molecule is COc1cc(C(=O)CCC(=O)N2CCN(c3ccccc3-c3ccccc3)CC2)ccc1N. The number of amides is 1. The summed E-state index contributed by atoms with van der Waals surface area (Å²) in [5.74, 6) is 0.401. The third-order valence-corrected chi connectivity index (χ3v) is 6.08. The van der Waals surface area contributed by atoms with Crippen LogP contribution in [0, 0.1) is 0 Å². The summed E-state index contributed by atoms with van der Waals surface area (Å²) in [6, 6.07) is 23.7. The van der Waals surface area contributed by atoms with Crippen molar-refractivity contribution >= 4 is 23.1 Å². The number of methoxy groups -OCH3 is 1. The van der Waals surface area contributed by atoms with Gasteiger partial charge in [0, 0.05) is 55.8 Å². The van der Waals surface area contributed by atoms with E-state index in [2.05, 4.69) is 41.3 Å². The fourth-order valence-corrected chi connectivity index (χ4v) is 4.22. The van der Waals surface area contributed by atoms with Gasteiger partial charge in [-0.25, -0.2) is 0 Å². The van der Waals surface area contributed by atoms with Gasteiger partial charge in [0.05, 0.1) is 12.8 Å². The molecule has 1 saturated heterocycles. The molecule has 6 heteroatoms. The molecule has 33 heavy (non-hydrogen) atoms. The molecule has 6 nitrogen and oxygen atoms in total. The summed E-state index contributed by atoms with van der Waals surface area (Å²) in [5, 5.41) is 0. The number of hydrogen-bond acceptors (Lipinski definition) is 5. The topological polar surface area (TPSA) is 75.9 Å². The van der Waals surface area contributed by atoms with Crippen molar-refractivity contribution in [1.29, 1.82) is 0 Å². The Morgan fingerprint density at radius 1 is 0.879 bits per heavy atom. The number of anilines is 2. The Labute approximate surface area is 194 Å². The highest BCUT2D eigenvalue weighted by Gasteiger charge is 2.23. The number of rotatable bonds is 7. The standard InChI is InChI=1S/C27H29N3O3/c1-33-26-19-21(11-12-23(26)28)25(31)13-14-27(32)30-17-15-29(16-18-30)24-10-6-5-9-22(24)20-7-3-2-4-8-20/h2-12,19H,13-18,28H2,1H3. The predicted molar refractivity (Wildman–Crippen MR) is 132 cm³/mol. The number of ether oxygens (including phenoxy) is 1. The molecule has 1 heterocycles. The zero-order chi connectivity index (χ0) is 23.2. The van der Waals surface area contributed by atoms with Gasteiger partial charge in [-0.3, -0.25) is 9.59 Å². The van der Waals surface area contributed by atoms with E-state index in [1.165, 1.54) is 23.9 Å². The van der Waals surface area contributed by atoms with Crippen molar-refractivity contribution in [2.24, 2.45) is 0 Å². The number of carbonyl (C=O) groups excluding carboxylic acids is 2. The predicted octanol–water partition coefficient (Wildman–Crippen LogP) is 4.26. The van der Waals surface area contributed by atoms with Crippen LogP contribution in [0.2, 0.25) is 0 Å². The molecule has 0 bridgehead atoms. The first-order valence-corrected chi connectivity index (χ1v) is 11.2. The smallest absolute Gasteiger partial charge is 0.223 e. The minimum absolute atomic E-state index is 0.0155. The molecule has 0 spiro atoms. The van der Waals surface area contributed by atoms with Crippen molar-refractivity contribution in [1.82, 2.24) is 4.90 Å². The van der Waals surface area contributed by atoms with Crippen LogP contribution in [-0.4, -0.2) is 49.9 Å². The Morgan fingerprint density at radius 2 is 1.58 bits per heavy atom. The maximum atomic E-state index is 12.8. The van der Waals surface area contributed by atoms with Crippen LogP contribution in [0.15, 0.2) is 72.8 Å². The summed E-state index contributed by atoms with van der Waals surface area (Å²) >= 11 is 0. The Balaban J connectivity index is 1.33. The van der Waals surface area contributed by atoms with E-state index in [1.54, 1.807) is 18.2 Å². The van der Waals surface area contributed by atoms with Crippen LogP contribution in [0.25, 0.3) is 11.1 Å². The van der Waals surface area contributed by atoms with E-state index in [0.717, 1.165) is 13.1 Å². The summed E-state index contributed by atoms with van der Waals surface area (Å²) in [4.78, 5) is 29.5. The molecule has 3 aromatic rings. The minimum atomic E-state index is -0.0860. The lowest BCUT2D eigenvalue weighted by atomic mass is 10.0. The van der Waals surface area contributed by atoms with Crippen molar-refractivity contribution in [2.75, 3.05) is 43.9 Å². The molecular weight excluding hydrogens is 414 g/mol. The number of hydrogen-bond donors (Lipinski definition) is 1. The van der Waals surface area contributed by atoms with Gasteiger partial charge in [0.25, 0.3) is 0 Å². The molecular formula is C27H29N3O3. The molecule has 1 amide bonds. The molecule has 0 saturated carbocycles. The fourth-order valence-electron chi connectivity index (χ4n) is 4.22. The molecule has 3 aromatic carbocycles. The molecule has 0 atom stereocenters. The summed E-state index contributed by atoms with van der Waals surface area (Å²) in [7, 11) is 1.52. The van der Waals surface area contributed by atoms with E-state index in [-0.39, 0.29) is 24.5 Å². The normalized spacial score (nSPS) is 13.6. The second-order valence-corrected chi connectivity index (χ2v) is 8.13. The Bertz CT molecular complexity index is 1120. The van der Waals surface area contributed by atoms with Crippen molar-refractivity contribution in [3.8, 4) is 16.9 Å². The lowest BCUT2D eigenvalue weighted by Gasteiger charge is -2.37. The van der Waals surface area contributed by atoms with Gasteiger partial charge in [-0.15, -0.1) is 0 Å². The van der Waals surface area contributed by atoms with E-state index in [0.29, 0.717) is 30.1 Å². The number of Topliss-reactive ketones (excluding diaryl/α,β-unsaturated/α-hetero) is 1. The highest BCUT2D eigenvalue weighted by molar-refractivity contribution is 5.98. The maximum Gasteiger partial charge on any atom is 0.223 e. The zero-order valence-corrected chi connectivity index (χ0v) is 18.9. The second kappa shape index (κ2) is 10.2. The van der Waals surface area contributed by atoms with E-state index in [9.17, 15) is 9.59 Å². The number of benzene rings is 3. The zero-order valence-electron chi connectivity index (χ0n) is 18.9.